The number of hydrogen-bond acceptors (Lipinski definition) is 6. The maximum atomic E-state index is 14.4. The number of nitrogens with zero attached hydrogens (tertiary/aromatic N) is 1. The lowest BCUT2D eigenvalue weighted by atomic mass is 9.95. The minimum Gasteiger partial charge on any atom is -0.508 e. The number of benzene rings is 1. The van der Waals surface area contributed by atoms with Gasteiger partial charge in [-0.3, -0.25) is 9.59 Å². The van der Waals surface area contributed by atoms with Crippen LogP contribution in [-0.4, -0.2) is 63.1 Å². The van der Waals surface area contributed by atoms with E-state index in [2.05, 4.69) is 24.5 Å². The van der Waals surface area contributed by atoms with E-state index in [9.17, 15) is 19.5 Å². The summed E-state index contributed by atoms with van der Waals surface area (Å²) in [5.41, 5.74) is -0.0589. The van der Waals surface area contributed by atoms with E-state index in [0.717, 1.165) is 6.42 Å². The summed E-state index contributed by atoms with van der Waals surface area (Å²) in [5.74, 6) is 0.500. The first-order valence-electron chi connectivity index (χ1n) is 13.8. The van der Waals surface area contributed by atoms with Crippen LogP contribution >= 0.6 is 11.8 Å². The van der Waals surface area contributed by atoms with Gasteiger partial charge >= 0.3 is 6.09 Å². The van der Waals surface area contributed by atoms with E-state index < -0.39 is 29.3 Å². The number of ether oxygens (including phenoxy) is 1. The predicted octanol–water partition coefficient (Wildman–Crippen LogP) is 5.96. The molecule has 0 aliphatic rings. The number of carbonyl (C=O) groups excluding carboxylic acids is 3. The zero-order valence-corrected chi connectivity index (χ0v) is 26.6. The highest BCUT2D eigenvalue weighted by molar-refractivity contribution is 7.98. The third-order valence-electron chi connectivity index (χ3n) is 6.05. The van der Waals surface area contributed by atoms with Crippen LogP contribution in [0, 0.1) is 12.8 Å². The number of aryl methyl sites for hydroxylation is 1. The van der Waals surface area contributed by atoms with Crippen LogP contribution in [0.3, 0.4) is 0 Å². The number of phenolic OH excluding ortho intramolecular Hbond substituents is 1. The minimum absolute atomic E-state index is 0.115. The van der Waals surface area contributed by atoms with E-state index in [1.54, 1.807) is 62.6 Å². The van der Waals surface area contributed by atoms with Gasteiger partial charge in [-0.15, -0.1) is 0 Å². The maximum Gasteiger partial charge on any atom is 0.408 e. The summed E-state index contributed by atoms with van der Waals surface area (Å²) in [6.07, 6.45) is 3.20. The molecule has 0 aliphatic carbocycles. The fourth-order valence-electron chi connectivity index (χ4n) is 4.16. The third kappa shape index (κ3) is 12.1. The third-order valence-corrected chi connectivity index (χ3v) is 6.70. The van der Waals surface area contributed by atoms with Crippen LogP contribution in [0.1, 0.15) is 98.7 Å². The Labute approximate surface area is 240 Å². The molecule has 3 N–H and O–H groups in total. The molecule has 39 heavy (non-hydrogen) atoms. The van der Waals surface area contributed by atoms with E-state index in [0.29, 0.717) is 35.6 Å². The maximum absolute atomic E-state index is 14.4. The molecule has 0 aliphatic heterocycles. The molecule has 0 bridgehead atoms. The Morgan fingerprint density at radius 1 is 1.03 bits per heavy atom. The number of amides is 3. The SMILES string of the molecule is CSCCC(NC(=O)OC(C)(C)C)C(=O)N(C(C)CCC(C)C)C(C(=O)NC(C)(C)C)c1ccc(O)c(C)c1. The molecule has 0 saturated heterocycles. The zero-order valence-electron chi connectivity index (χ0n) is 25.8. The number of thioether (sulfide) groups is 1. The van der Waals surface area contributed by atoms with Crippen LogP contribution in [-0.2, 0) is 14.3 Å². The lowest BCUT2D eigenvalue weighted by molar-refractivity contribution is -0.145. The van der Waals surface area contributed by atoms with Crippen molar-refractivity contribution in [2.24, 2.45) is 5.92 Å². The topological polar surface area (TPSA) is 108 Å². The fourth-order valence-corrected chi connectivity index (χ4v) is 4.63. The van der Waals surface area contributed by atoms with E-state index in [4.69, 9.17) is 4.74 Å². The molecule has 0 radical (unpaired) electrons. The summed E-state index contributed by atoms with van der Waals surface area (Å²) < 4.78 is 5.47. The molecule has 1 aromatic rings. The molecule has 3 amide bonds. The highest BCUT2D eigenvalue weighted by Crippen LogP contribution is 2.31. The largest absolute Gasteiger partial charge is 0.508 e. The molecule has 0 spiro atoms. The summed E-state index contributed by atoms with van der Waals surface area (Å²) in [5, 5.41) is 16.0. The molecule has 8 nitrogen and oxygen atoms in total. The van der Waals surface area contributed by atoms with Gasteiger partial charge in [-0.25, -0.2) is 4.79 Å². The van der Waals surface area contributed by atoms with Crippen molar-refractivity contribution in [3.05, 3.63) is 29.3 Å². The van der Waals surface area contributed by atoms with Gasteiger partial charge in [0.1, 0.15) is 23.4 Å². The molecule has 9 heteroatoms. The number of phenols is 1. The van der Waals surface area contributed by atoms with Gasteiger partial charge in [0, 0.05) is 11.6 Å². The van der Waals surface area contributed by atoms with Crippen LogP contribution < -0.4 is 10.6 Å². The number of hydrogen-bond donors (Lipinski definition) is 3. The van der Waals surface area contributed by atoms with Gasteiger partial charge in [-0.1, -0.05) is 19.9 Å². The Bertz CT molecular complexity index is 968. The molecule has 3 atom stereocenters. The van der Waals surface area contributed by atoms with Crippen LogP contribution in [0.5, 0.6) is 5.75 Å². The summed E-state index contributed by atoms with van der Waals surface area (Å²) in [6, 6.07) is 2.83. The molecular formula is C30H51N3O5S. The van der Waals surface area contributed by atoms with Crippen LogP contribution in [0.2, 0.25) is 0 Å². The second-order valence-corrected chi connectivity index (χ2v) is 13.7. The summed E-state index contributed by atoms with van der Waals surface area (Å²) >= 11 is 1.57. The molecule has 0 aromatic heterocycles. The Kier molecular flexibility index (Phi) is 13.2. The summed E-state index contributed by atoms with van der Waals surface area (Å²) in [7, 11) is 0. The van der Waals surface area contributed by atoms with Gasteiger partial charge in [-0.2, -0.15) is 11.8 Å². The van der Waals surface area contributed by atoms with E-state index in [1.807, 2.05) is 34.0 Å². The van der Waals surface area contributed by atoms with E-state index in [1.165, 1.54) is 0 Å². The van der Waals surface area contributed by atoms with Gasteiger partial charge in [0.2, 0.25) is 11.8 Å². The van der Waals surface area contributed by atoms with Gasteiger partial charge in [0.15, 0.2) is 0 Å². The molecule has 1 aromatic carbocycles. The number of aromatic hydroxyl groups is 1. The van der Waals surface area contributed by atoms with Crippen molar-refractivity contribution in [1.29, 1.82) is 0 Å². The summed E-state index contributed by atoms with van der Waals surface area (Å²) in [4.78, 5) is 42.7. The van der Waals surface area contributed by atoms with Crippen molar-refractivity contribution >= 4 is 29.7 Å². The van der Waals surface area contributed by atoms with Crippen molar-refractivity contribution in [3.8, 4) is 5.75 Å². The Hall–Kier alpha value is -2.42. The Morgan fingerprint density at radius 2 is 1.64 bits per heavy atom. The highest BCUT2D eigenvalue weighted by atomic mass is 32.2. The average molecular weight is 566 g/mol. The molecular weight excluding hydrogens is 514 g/mol. The van der Waals surface area contributed by atoms with E-state index >= 15 is 0 Å². The first kappa shape index (κ1) is 34.6. The highest BCUT2D eigenvalue weighted by Gasteiger charge is 2.39. The zero-order chi connectivity index (χ0) is 30.1. The van der Waals surface area contributed by atoms with Gasteiger partial charge in [-0.05, 0) is 116 Å². The summed E-state index contributed by atoms with van der Waals surface area (Å²) in [6.45, 7) is 18.9. The second-order valence-electron chi connectivity index (χ2n) is 12.7. The number of alkyl carbamates (subject to hydrolysis) is 1. The Morgan fingerprint density at radius 3 is 2.13 bits per heavy atom. The number of rotatable bonds is 12. The predicted molar refractivity (Wildman–Crippen MR) is 160 cm³/mol. The molecule has 3 unspecified atom stereocenters. The normalized spacial score (nSPS) is 14.4. The van der Waals surface area contributed by atoms with Crippen molar-refractivity contribution in [2.45, 2.75) is 118 Å². The quantitative estimate of drug-likeness (QED) is 0.289. The minimum atomic E-state index is -0.963. The molecule has 1 rings (SSSR count). The van der Waals surface area contributed by atoms with Crippen LogP contribution in [0.15, 0.2) is 18.2 Å². The first-order chi connectivity index (χ1) is 17.9. The van der Waals surface area contributed by atoms with Crippen molar-refractivity contribution in [2.75, 3.05) is 12.0 Å². The monoisotopic (exact) mass is 565 g/mol. The van der Waals surface area contributed by atoms with Crippen LogP contribution in [0.25, 0.3) is 0 Å². The number of carbonyl (C=O) groups is 3. The lowest BCUT2D eigenvalue weighted by Gasteiger charge is -2.40. The molecule has 222 valence electrons. The second kappa shape index (κ2) is 14.8. The van der Waals surface area contributed by atoms with Gasteiger partial charge < -0.3 is 25.4 Å². The van der Waals surface area contributed by atoms with E-state index in [-0.39, 0.29) is 23.6 Å². The Balaban J connectivity index is 3.69. The average Bonchev–Trinajstić information content (AvgIpc) is 2.77. The number of nitrogens with one attached hydrogen (secondary N) is 2. The van der Waals surface area contributed by atoms with Gasteiger partial charge in [0.05, 0.1) is 0 Å². The standard InChI is InChI=1S/C30H51N3O5S/c1-19(2)12-13-21(4)33(27(36)23(16-17-39-11)31-28(37)38-30(8,9)10)25(26(35)32-29(5,6)7)22-14-15-24(34)20(3)18-22/h14-15,18-19,21,23,25,34H,12-13,16-17H2,1-11H3,(H,31,37)(H,32,35). The molecule has 0 heterocycles. The lowest BCUT2D eigenvalue weighted by Crippen LogP contribution is -2.57. The van der Waals surface area contributed by atoms with Crippen LogP contribution in [0.4, 0.5) is 4.79 Å². The molecule has 0 fully saturated rings. The van der Waals surface area contributed by atoms with Gasteiger partial charge in [0.25, 0.3) is 0 Å². The molecule has 0 saturated carbocycles. The van der Waals surface area contributed by atoms with Crippen molar-refractivity contribution in [3.63, 3.8) is 0 Å². The smallest absolute Gasteiger partial charge is 0.408 e. The first-order valence-corrected chi connectivity index (χ1v) is 15.2. The van der Waals surface area contributed by atoms with Crippen molar-refractivity contribution in [1.82, 2.24) is 15.5 Å². The van der Waals surface area contributed by atoms with Crippen molar-refractivity contribution < 1.29 is 24.2 Å². The fraction of sp³-hybridized carbons (Fsp3) is 0.700.